The Balaban J connectivity index is 1.78. The lowest BCUT2D eigenvalue weighted by atomic mass is 9.96. The number of hydrogen-bond acceptors (Lipinski definition) is 4. The Labute approximate surface area is 171 Å². The molecule has 2 amide bonds. The van der Waals surface area contributed by atoms with Crippen molar-refractivity contribution >= 4 is 17.8 Å². The highest BCUT2D eigenvalue weighted by molar-refractivity contribution is 5.99. The van der Waals surface area contributed by atoms with E-state index in [4.69, 9.17) is 5.73 Å². The highest BCUT2D eigenvalue weighted by Gasteiger charge is 2.35. The Kier molecular flexibility index (Phi) is 5.73. The Morgan fingerprint density at radius 1 is 1.10 bits per heavy atom. The van der Waals surface area contributed by atoms with Crippen molar-refractivity contribution in [3.63, 3.8) is 0 Å². The lowest BCUT2D eigenvalue weighted by Crippen LogP contribution is -2.50. The number of guanidine groups is 1. The number of benzene rings is 2. The zero-order valence-electron chi connectivity index (χ0n) is 17.3. The van der Waals surface area contributed by atoms with Gasteiger partial charge in [0.05, 0.1) is 24.0 Å². The molecule has 0 saturated carbocycles. The van der Waals surface area contributed by atoms with Crippen LogP contribution in [0.25, 0.3) is 0 Å². The summed E-state index contributed by atoms with van der Waals surface area (Å²) in [6.07, 6.45) is 0.298. The first-order valence-electron chi connectivity index (χ1n) is 9.81. The second-order valence-electron chi connectivity index (χ2n) is 8.13. The maximum Gasteiger partial charge on any atom is 0.251 e. The van der Waals surface area contributed by atoms with Crippen molar-refractivity contribution in [2.24, 2.45) is 10.7 Å². The van der Waals surface area contributed by atoms with Gasteiger partial charge in [-0.1, -0.05) is 42.5 Å². The summed E-state index contributed by atoms with van der Waals surface area (Å²) in [5, 5.41) is 3.02. The van der Waals surface area contributed by atoms with Crippen LogP contribution in [0.1, 0.15) is 67.7 Å². The lowest BCUT2D eigenvalue weighted by Gasteiger charge is -2.36. The average molecular weight is 393 g/mol. The van der Waals surface area contributed by atoms with Gasteiger partial charge >= 0.3 is 0 Å². The predicted molar refractivity (Wildman–Crippen MR) is 114 cm³/mol. The lowest BCUT2D eigenvalue weighted by molar-refractivity contribution is -0.130. The van der Waals surface area contributed by atoms with Gasteiger partial charge in [-0.3, -0.25) is 14.5 Å². The van der Waals surface area contributed by atoms with Crippen LogP contribution >= 0.6 is 0 Å². The third-order valence-electron chi connectivity index (χ3n) is 5.18. The Hall–Kier alpha value is -3.15. The van der Waals surface area contributed by atoms with Crippen LogP contribution in [0.2, 0.25) is 0 Å². The molecule has 29 heavy (non-hydrogen) atoms. The maximum atomic E-state index is 12.8. The highest BCUT2D eigenvalue weighted by Crippen LogP contribution is 2.28. The molecule has 0 aliphatic carbocycles. The number of rotatable bonds is 5. The van der Waals surface area contributed by atoms with Crippen molar-refractivity contribution in [3.8, 4) is 0 Å². The van der Waals surface area contributed by atoms with Crippen LogP contribution in [0.5, 0.6) is 0 Å². The number of carbonyl (C=O) groups excluding carboxylic acids is 2. The first-order chi connectivity index (χ1) is 13.7. The van der Waals surface area contributed by atoms with E-state index in [1.807, 2.05) is 70.2 Å². The summed E-state index contributed by atoms with van der Waals surface area (Å²) in [6.45, 7) is 7.62. The fourth-order valence-electron chi connectivity index (χ4n) is 3.59. The van der Waals surface area contributed by atoms with E-state index in [9.17, 15) is 9.59 Å². The molecule has 0 radical (unpaired) electrons. The maximum absolute atomic E-state index is 12.8. The second kappa shape index (κ2) is 8.07. The topological polar surface area (TPSA) is 87.8 Å². The largest absolute Gasteiger partial charge is 0.369 e. The summed E-state index contributed by atoms with van der Waals surface area (Å²) in [5.74, 6) is -0.0167. The molecule has 6 heteroatoms. The van der Waals surface area contributed by atoms with Crippen LogP contribution in [0.4, 0.5) is 0 Å². The predicted octanol–water partition coefficient (Wildman–Crippen LogP) is 3.56. The summed E-state index contributed by atoms with van der Waals surface area (Å²) in [7, 11) is 0. The Morgan fingerprint density at radius 2 is 1.76 bits per heavy atom. The van der Waals surface area contributed by atoms with Crippen molar-refractivity contribution in [3.05, 3.63) is 71.3 Å². The Bertz CT molecular complexity index is 937. The third kappa shape index (κ3) is 4.65. The molecule has 1 aliphatic rings. The minimum Gasteiger partial charge on any atom is -0.369 e. The molecule has 2 aromatic carbocycles. The van der Waals surface area contributed by atoms with Crippen molar-refractivity contribution < 1.29 is 9.59 Å². The summed E-state index contributed by atoms with van der Waals surface area (Å²) >= 11 is 0. The number of aliphatic imine (C=N–C) groups is 1. The van der Waals surface area contributed by atoms with Crippen molar-refractivity contribution in [2.45, 2.75) is 51.7 Å². The molecule has 0 saturated heterocycles. The third-order valence-corrected chi connectivity index (χ3v) is 5.18. The second-order valence-corrected chi connectivity index (χ2v) is 8.13. The zero-order valence-corrected chi connectivity index (χ0v) is 17.3. The van der Waals surface area contributed by atoms with Gasteiger partial charge in [0.2, 0.25) is 5.91 Å². The summed E-state index contributed by atoms with van der Waals surface area (Å²) in [6, 6.07) is 16.7. The van der Waals surface area contributed by atoms with E-state index in [-0.39, 0.29) is 29.9 Å². The Morgan fingerprint density at radius 3 is 2.41 bits per heavy atom. The molecule has 2 aromatic rings. The van der Waals surface area contributed by atoms with Gasteiger partial charge < -0.3 is 11.1 Å². The van der Waals surface area contributed by atoms with Crippen LogP contribution in [-0.4, -0.2) is 28.2 Å². The molecule has 6 nitrogen and oxygen atoms in total. The molecule has 3 N–H and O–H groups in total. The summed E-state index contributed by atoms with van der Waals surface area (Å²) in [5.41, 5.74) is 8.00. The van der Waals surface area contributed by atoms with Crippen LogP contribution in [-0.2, 0) is 4.79 Å². The molecule has 0 bridgehead atoms. The minimum atomic E-state index is -0.493. The average Bonchev–Trinajstić information content (AvgIpc) is 2.67. The molecule has 2 atom stereocenters. The van der Waals surface area contributed by atoms with Gasteiger partial charge in [0.1, 0.15) is 0 Å². The number of nitrogens with one attached hydrogen (secondary N) is 1. The van der Waals surface area contributed by atoms with Crippen LogP contribution in [0.3, 0.4) is 0 Å². The molecule has 152 valence electrons. The molecule has 0 fully saturated rings. The number of hydrogen-bond donors (Lipinski definition) is 2. The smallest absolute Gasteiger partial charge is 0.251 e. The van der Waals surface area contributed by atoms with Gasteiger partial charge in [-0.2, -0.15) is 0 Å². The zero-order chi connectivity index (χ0) is 21.2. The molecule has 0 spiro atoms. The van der Waals surface area contributed by atoms with E-state index in [1.165, 1.54) is 4.90 Å². The van der Waals surface area contributed by atoms with Gasteiger partial charge in [0.25, 0.3) is 5.91 Å². The first-order valence-corrected chi connectivity index (χ1v) is 9.81. The number of nitrogens with two attached hydrogens (primary N) is 1. The van der Waals surface area contributed by atoms with Gasteiger partial charge in [0.15, 0.2) is 5.96 Å². The van der Waals surface area contributed by atoms with Gasteiger partial charge in [-0.15, -0.1) is 0 Å². The van der Waals surface area contributed by atoms with Crippen molar-refractivity contribution in [1.82, 2.24) is 10.2 Å². The van der Waals surface area contributed by atoms with E-state index in [2.05, 4.69) is 10.3 Å². The van der Waals surface area contributed by atoms with E-state index in [0.717, 1.165) is 11.1 Å². The fourth-order valence-corrected chi connectivity index (χ4v) is 3.59. The SMILES string of the molecule is C[C@H](NC(=O)c1cccc([C@@H](C)N2C(=O)CC(C)(C)N=C2N)c1)c1ccccc1. The van der Waals surface area contributed by atoms with Crippen LogP contribution < -0.4 is 11.1 Å². The minimum absolute atomic E-state index is 0.0671. The molecular formula is C23H28N4O2. The summed E-state index contributed by atoms with van der Waals surface area (Å²) < 4.78 is 0. The highest BCUT2D eigenvalue weighted by atomic mass is 16.2. The molecule has 0 aromatic heterocycles. The van der Waals surface area contributed by atoms with Crippen molar-refractivity contribution in [1.29, 1.82) is 0 Å². The number of nitrogens with zero attached hydrogens (tertiary/aromatic N) is 2. The monoisotopic (exact) mass is 392 g/mol. The first kappa shape index (κ1) is 20.6. The summed E-state index contributed by atoms with van der Waals surface area (Å²) in [4.78, 5) is 31.3. The fraction of sp³-hybridized carbons (Fsp3) is 0.348. The molecule has 1 heterocycles. The van der Waals surface area contributed by atoms with Gasteiger partial charge in [0, 0.05) is 5.56 Å². The van der Waals surface area contributed by atoms with Crippen molar-refractivity contribution in [2.75, 3.05) is 0 Å². The molecule has 1 aliphatic heterocycles. The van der Waals surface area contributed by atoms with Gasteiger partial charge in [-0.05, 0) is 51.0 Å². The van der Waals surface area contributed by atoms with E-state index < -0.39 is 5.54 Å². The standard InChI is InChI=1S/C23H28N4O2/c1-15(17-9-6-5-7-10-17)25-21(29)19-12-8-11-18(13-19)16(2)27-20(28)14-23(3,4)26-22(27)24/h5-13,15-16H,14H2,1-4H3,(H2,24,26)(H,25,29)/t15-,16+/m0/s1. The van der Waals surface area contributed by atoms with E-state index in [1.54, 1.807) is 12.1 Å². The molecule has 0 unspecified atom stereocenters. The number of amides is 2. The van der Waals surface area contributed by atoms with Gasteiger partial charge in [-0.25, -0.2) is 4.99 Å². The quantitative estimate of drug-likeness (QED) is 0.815. The van der Waals surface area contributed by atoms with E-state index >= 15 is 0 Å². The van der Waals surface area contributed by atoms with Crippen LogP contribution in [0, 0.1) is 0 Å². The van der Waals surface area contributed by atoms with Crippen LogP contribution in [0.15, 0.2) is 59.6 Å². The molecule has 3 rings (SSSR count). The van der Waals surface area contributed by atoms with E-state index in [0.29, 0.717) is 12.0 Å². The molecular weight excluding hydrogens is 364 g/mol. The normalized spacial score (nSPS) is 18.0. The number of carbonyl (C=O) groups is 2.